The number of nitrogens with one attached hydrogen (secondary N) is 2. The van der Waals surface area contributed by atoms with Crippen molar-refractivity contribution in [2.75, 3.05) is 13.6 Å². The second-order valence-electron chi connectivity index (χ2n) is 4.90. The van der Waals surface area contributed by atoms with Gasteiger partial charge in [0, 0.05) is 19.2 Å². The predicted molar refractivity (Wildman–Crippen MR) is 101 cm³/mol. The van der Waals surface area contributed by atoms with E-state index in [1.807, 2.05) is 6.92 Å². The minimum atomic E-state index is -0.310. The molecule has 2 aromatic rings. The van der Waals surface area contributed by atoms with Crippen LogP contribution in [-0.2, 0) is 6.54 Å². The van der Waals surface area contributed by atoms with Crippen molar-refractivity contribution in [2.45, 2.75) is 26.0 Å². The molecule has 0 aliphatic heterocycles. The Morgan fingerprint density at radius 1 is 1.38 bits per heavy atom. The topological polar surface area (TPSA) is 71.7 Å². The van der Waals surface area contributed by atoms with Crippen LogP contribution in [0, 0.1) is 5.82 Å². The number of halogens is 2. The Hall–Kier alpha value is -1.84. The summed E-state index contributed by atoms with van der Waals surface area (Å²) in [6.07, 6.45) is 2.21. The molecule has 2 N–H and O–H groups in total. The molecule has 1 atom stereocenters. The summed E-state index contributed by atoms with van der Waals surface area (Å²) in [5.41, 5.74) is 0.788. The fourth-order valence-corrected chi connectivity index (χ4v) is 1.94. The van der Waals surface area contributed by atoms with Gasteiger partial charge in [-0.3, -0.25) is 4.99 Å². The quantitative estimate of drug-likeness (QED) is 0.387. The molecule has 0 amide bonds. The normalized spacial score (nSPS) is 12.2. The van der Waals surface area contributed by atoms with E-state index in [2.05, 4.69) is 20.8 Å². The Morgan fingerprint density at radius 3 is 2.83 bits per heavy atom. The van der Waals surface area contributed by atoms with E-state index in [9.17, 15) is 4.39 Å². The molecule has 2 rings (SSSR count). The lowest BCUT2D eigenvalue weighted by Crippen LogP contribution is -2.42. The maximum atomic E-state index is 13.2. The smallest absolute Gasteiger partial charge is 0.191 e. The van der Waals surface area contributed by atoms with Crippen molar-refractivity contribution in [3.05, 3.63) is 48.1 Å². The summed E-state index contributed by atoms with van der Waals surface area (Å²) in [7, 11) is 1.69. The van der Waals surface area contributed by atoms with E-state index < -0.39 is 0 Å². The number of aromatic nitrogens is 1. The van der Waals surface area contributed by atoms with E-state index in [0.717, 1.165) is 12.1 Å². The molecule has 0 radical (unpaired) electrons. The molecule has 0 aliphatic carbocycles. The van der Waals surface area contributed by atoms with Gasteiger partial charge < -0.3 is 19.9 Å². The Balaban J connectivity index is 0.00000288. The lowest BCUT2D eigenvalue weighted by Gasteiger charge is -2.19. The van der Waals surface area contributed by atoms with Crippen LogP contribution in [-0.4, -0.2) is 30.8 Å². The summed E-state index contributed by atoms with van der Waals surface area (Å²) in [6, 6.07) is 7.91. The second kappa shape index (κ2) is 10.8. The molecule has 1 aromatic heterocycles. The number of guanidine groups is 1. The number of ether oxygens (including phenoxy) is 1. The van der Waals surface area contributed by atoms with Gasteiger partial charge in [0.1, 0.15) is 29.6 Å². The van der Waals surface area contributed by atoms with Gasteiger partial charge in [0.15, 0.2) is 5.96 Å². The van der Waals surface area contributed by atoms with Gasteiger partial charge in [-0.2, -0.15) is 0 Å². The summed E-state index contributed by atoms with van der Waals surface area (Å²) in [4.78, 5) is 4.14. The lowest BCUT2D eigenvalue weighted by atomic mass is 10.2. The molecule has 0 fully saturated rings. The zero-order valence-electron chi connectivity index (χ0n) is 13.7. The molecule has 0 saturated heterocycles. The van der Waals surface area contributed by atoms with E-state index in [1.54, 1.807) is 25.2 Å². The number of hydrogen-bond donors (Lipinski definition) is 2. The molecule has 0 saturated carbocycles. The van der Waals surface area contributed by atoms with Crippen molar-refractivity contribution in [3.8, 4) is 5.75 Å². The third kappa shape index (κ3) is 6.73. The number of hydrogen-bond acceptors (Lipinski definition) is 4. The first kappa shape index (κ1) is 20.2. The summed E-state index contributed by atoms with van der Waals surface area (Å²) in [5, 5.41) is 10.1. The summed E-state index contributed by atoms with van der Waals surface area (Å²) >= 11 is 0. The highest BCUT2D eigenvalue weighted by atomic mass is 127. The number of benzene rings is 1. The molecule has 0 aliphatic rings. The predicted octanol–water partition coefficient (Wildman–Crippen LogP) is 2.95. The summed E-state index contributed by atoms with van der Waals surface area (Å²) in [5.74, 6) is 0.842. The van der Waals surface area contributed by atoms with Crippen LogP contribution in [0.1, 0.15) is 19.0 Å². The monoisotopic (exact) mass is 448 g/mol. The highest BCUT2D eigenvalue weighted by Crippen LogP contribution is 2.14. The molecule has 0 bridgehead atoms. The molecule has 132 valence electrons. The van der Waals surface area contributed by atoms with Gasteiger partial charge >= 0.3 is 0 Å². The second-order valence-corrected chi connectivity index (χ2v) is 4.90. The van der Waals surface area contributed by atoms with Gasteiger partial charge in [0.2, 0.25) is 0 Å². The Morgan fingerprint density at radius 2 is 2.21 bits per heavy atom. The van der Waals surface area contributed by atoms with E-state index in [4.69, 9.17) is 9.26 Å². The first-order chi connectivity index (χ1) is 11.2. The molecular weight excluding hydrogens is 426 g/mol. The van der Waals surface area contributed by atoms with E-state index in [1.165, 1.54) is 18.4 Å². The van der Waals surface area contributed by atoms with Crippen molar-refractivity contribution in [2.24, 2.45) is 4.99 Å². The summed E-state index contributed by atoms with van der Waals surface area (Å²) < 4.78 is 23.7. The first-order valence-corrected chi connectivity index (χ1v) is 7.47. The van der Waals surface area contributed by atoms with Crippen molar-refractivity contribution < 1.29 is 13.7 Å². The molecule has 0 spiro atoms. The highest BCUT2D eigenvalue weighted by Gasteiger charge is 2.10. The minimum Gasteiger partial charge on any atom is -0.489 e. The van der Waals surface area contributed by atoms with Crippen molar-refractivity contribution in [1.82, 2.24) is 15.8 Å². The van der Waals surface area contributed by atoms with E-state index >= 15 is 0 Å². The van der Waals surface area contributed by atoms with Gasteiger partial charge in [0.25, 0.3) is 0 Å². The Bertz CT molecular complexity index is 622. The van der Waals surface area contributed by atoms with E-state index in [-0.39, 0.29) is 35.9 Å². The van der Waals surface area contributed by atoms with Gasteiger partial charge in [0.05, 0.1) is 13.1 Å². The number of aliphatic imine (C=N–C) groups is 1. The van der Waals surface area contributed by atoms with Gasteiger partial charge in [-0.15, -0.1) is 24.0 Å². The van der Waals surface area contributed by atoms with Gasteiger partial charge in [-0.1, -0.05) is 18.1 Å². The average Bonchev–Trinajstić information content (AvgIpc) is 3.07. The van der Waals surface area contributed by atoms with Crippen LogP contribution in [0.15, 0.2) is 46.1 Å². The van der Waals surface area contributed by atoms with Crippen LogP contribution < -0.4 is 15.4 Å². The van der Waals surface area contributed by atoms with Crippen molar-refractivity contribution >= 4 is 29.9 Å². The van der Waals surface area contributed by atoms with Gasteiger partial charge in [-0.05, 0) is 18.6 Å². The fourth-order valence-electron chi connectivity index (χ4n) is 1.94. The van der Waals surface area contributed by atoms with Crippen LogP contribution in [0.2, 0.25) is 0 Å². The summed E-state index contributed by atoms with van der Waals surface area (Å²) in [6.45, 7) is 3.07. The van der Waals surface area contributed by atoms with Crippen LogP contribution in [0.4, 0.5) is 4.39 Å². The molecular formula is C16H22FIN4O2. The Kier molecular flexibility index (Phi) is 9.13. The molecule has 1 unspecified atom stereocenters. The van der Waals surface area contributed by atoms with Crippen LogP contribution in [0.5, 0.6) is 5.75 Å². The molecule has 1 heterocycles. The maximum absolute atomic E-state index is 13.2. The van der Waals surface area contributed by atoms with Crippen LogP contribution >= 0.6 is 24.0 Å². The Labute approximate surface area is 157 Å². The first-order valence-electron chi connectivity index (χ1n) is 7.47. The zero-order chi connectivity index (χ0) is 16.5. The highest BCUT2D eigenvalue weighted by molar-refractivity contribution is 14.0. The number of nitrogens with zero attached hydrogens (tertiary/aromatic N) is 2. The lowest BCUT2D eigenvalue weighted by molar-refractivity contribution is 0.198. The largest absolute Gasteiger partial charge is 0.489 e. The van der Waals surface area contributed by atoms with Crippen molar-refractivity contribution in [3.63, 3.8) is 0 Å². The molecule has 6 nitrogen and oxygen atoms in total. The maximum Gasteiger partial charge on any atom is 0.191 e. The average molecular weight is 448 g/mol. The fraction of sp³-hybridized carbons (Fsp3) is 0.375. The third-order valence-electron chi connectivity index (χ3n) is 3.20. The van der Waals surface area contributed by atoms with E-state index in [0.29, 0.717) is 24.8 Å². The molecule has 24 heavy (non-hydrogen) atoms. The van der Waals surface area contributed by atoms with Crippen LogP contribution in [0.25, 0.3) is 0 Å². The third-order valence-corrected chi connectivity index (χ3v) is 3.20. The zero-order valence-corrected chi connectivity index (χ0v) is 16.0. The van der Waals surface area contributed by atoms with Crippen LogP contribution in [0.3, 0.4) is 0 Å². The number of rotatable bonds is 7. The SMILES string of the molecule is CCC(CNC(=NC)NCc1ccon1)Oc1cccc(F)c1.I. The molecule has 1 aromatic carbocycles. The molecule has 8 heteroatoms. The standard InChI is InChI=1S/C16H21FN4O2.HI/c1-3-14(23-15-6-4-5-12(17)9-15)11-20-16(18-2)19-10-13-7-8-22-21-13;/h4-9,14H,3,10-11H2,1-2H3,(H2,18,19,20);1H. The minimum absolute atomic E-state index is 0. The van der Waals surface area contributed by atoms with Crippen molar-refractivity contribution in [1.29, 1.82) is 0 Å². The van der Waals surface area contributed by atoms with Gasteiger partial charge in [-0.25, -0.2) is 4.39 Å².